The van der Waals surface area contributed by atoms with Crippen LogP contribution in [0.15, 0.2) is 56.6 Å². The maximum atomic E-state index is 9.72. The second kappa shape index (κ2) is 6.28. The Morgan fingerprint density at radius 3 is 2.90 bits per heavy atom. The van der Waals surface area contributed by atoms with Gasteiger partial charge in [0.2, 0.25) is 0 Å². The quantitative estimate of drug-likeness (QED) is 0.708. The Labute approximate surface area is 133 Å². The molecule has 0 aliphatic rings. The zero-order valence-electron chi connectivity index (χ0n) is 10.7. The Hall–Kier alpha value is -1.86. The van der Waals surface area contributed by atoms with Gasteiger partial charge in [0, 0.05) is 15.6 Å². The van der Waals surface area contributed by atoms with Crippen LogP contribution in [0, 0.1) is 0 Å². The molecule has 0 aliphatic carbocycles. The Morgan fingerprint density at radius 1 is 1.24 bits per heavy atom. The highest BCUT2D eigenvalue weighted by Crippen LogP contribution is 2.30. The predicted molar refractivity (Wildman–Crippen MR) is 82.9 cm³/mol. The molecule has 3 aromatic rings. The number of thioether (sulfide) groups is 1. The molecule has 0 saturated carbocycles. The van der Waals surface area contributed by atoms with Gasteiger partial charge in [0.25, 0.3) is 5.89 Å². The van der Waals surface area contributed by atoms with Crippen molar-refractivity contribution >= 4 is 27.7 Å². The molecule has 0 aliphatic heterocycles. The first-order valence-electron chi connectivity index (χ1n) is 6.07. The highest BCUT2D eigenvalue weighted by Gasteiger charge is 2.13. The third kappa shape index (κ3) is 3.25. The maximum Gasteiger partial charge on any atom is 0.261 e. The monoisotopic (exact) mass is 363 g/mol. The molecule has 106 valence electrons. The van der Waals surface area contributed by atoms with Gasteiger partial charge in [0.05, 0.1) is 17.5 Å². The SMILES string of the molecule is Oc1cnccc1-c1nc(CSc2ccccc2Br)no1. The predicted octanol–water partition coefficient (Wildman–Crippen LogP) is 3.89. The van der Waals surface area contributed by atoms with Gasteiger partial charge in [-0.15, -0.1) is 11.8 Å². The number of rotatable bonds is 4. The number of hydrogen-bond donors (Lipinski definition) is 1. The lowest BCUT2D eigenvalue weighted by molar-refractivity contribution is 0.419. The van der Waals surface area contributed by atoms with Crippen LogP contribution in [0.1, 0.15) is 5.82 Å². The molecule has 3 rings (SSSR count). The van der Waals surface area contributed by atoms with Crippen LogP contribution in [-0.4, -0.2) is 20.2 Å². The molecule has 0 bridgehead atoms. The van der Waals surface area contributed by atoms with Gasteiger partial charge >= 0.3 is 0 Å². The summed E-state index contributed by atoms with van der Waals surface area (Å²) in [6, 6.07) is 9.58. The molecule has 0 radical (unpaired) electrons. The van der Waals surface area contributed by atoms with E-state index in [2.05, 4.69) is 31.1 Å². The van der Waals surface area contributed by atoms with Crippen LogP contribution in [0.4, 0.5) is 0 Å². The average molecular weight is 364 g/mol. The van der Waals surface area contributed by atoms with Crippen molar-refractivity contribution < 1.29 is 9.63 Å². The summed E-state index contributed by atoms with van der Waals surface area (Å²) in [5.74, 6) is 1.46. The van der Waals surface area contributed by atoms with E-state index in [-0.39, 0.29) is 11.6 Å². The minimum absolute atomic E-state index is 0.0196. The lowest BCUT2D eigenvalue weighted by atomic mass is 10.2. The summed E-state index contributed by atoms with van der Waals surface area (Å²) in [6.07, 6.45) is 2.91. The molecule has 0 saturated heterocycles. The molecule has 5 nitrogen and oxygen atoms in total. The van der Waals surface area contributed by atoms with Crippen molar-refractivity contribution in [2.45, 2.75) is 10.6 Å². The molecule has 21 heavy (non-hydrogen) atoms. The van der Waals surface area contributed by atoms with Crippen LogP contribution in [0.5, 0.6) is 5.75 Å². The van der Waals surface area contributed by atoms with E-state index in [0.717, 1.165) is 9.37 Å². The Morgan fingerprint density at radius 2 is 2.10 bits per heavy atom. The fraction of sp³-hybridized carbons (Fsp3) is 0.0714. The smallest absolute Gasteiger partial charge is 0.261 e. The van der Waals surface area contributed by atoms with Gasteiger partial charge in [0.1, 0.15) is 5.75 Å². The van der Waals surface area contributed by atoms with Gasteiger partial charge in [-0.05, 0) is 34.1 Å². The second-order valence-electron chi connectivity index (χ2n) is 4.13. The molecule has 2 heterocycles. The molecule has 1 aromatic carbocycles. The molecule has 0 unspecified atom stereocenters. The van der Waals surface area contributed by atoms with E-state index < -0.39 is 0 Å². The molecule has 0 amide bonds. The largest absolute Gasteiger partial charge is 0.505 e. The summed E-state index contributed by atoms with van der Waals surface area (Å²) in [4.78, 5) is 9.21. The van der Waals surface area contributed by atoms with Crippen LogP contribution in [0.25, 0.3) is 11.5 Å². The topological polar surface area (TPSA) is 72.0 Å². The summed E-state index contributed by atoms with van der Waals surface area (Å²) >= 11 is 5.10. The van der Waals surface area contributed by atoms with E-state index in [1.807, 2.05) is 24.3 Å². The molecule has 2 aromatic heterocycles. The molecular weight excluding hydrogens is 354 g/mol. The van der Waals surface area contributed by atoms with Crippen LogP contribution >= 0.6 is 27.7 Å². The zero-order chi connectivity index (χ0) is 14.7. The molecule has 7 heteroatoms. The minimum Gasteiger partial charge on any atom is -0.505 e. The van der Waals surface area contributed by atoms with Crippen molar-refractivity contribution in [1.82, 2.24) is 15.1 Å². The number of hydrogen-bond acceptors (Lipinski definition) is 6. The summed E-state index contributed by atoms with van der Waals surface area (Å²) in [5.41, 5.74) is 0.481. The van der Waals surface area contributed by atoms with Crippen molar-refractivity contribution in [1.29, 1.82) is 0 Å². The maximum absolute atomic E-state index is 9.72. The minimum atomic E-state index is 0.0196. The summed E-state index contributed by atoms with van der Waals surface area (Å²) in [6.45, 7) is 0. The fourth-order valence-electron chi connectivity index (χ4n) is 1.69. The number of nitrogens with zero attached hydrogens (tertiary/aromatic N) is 3. The van der Waals surface area contributed by atoms with Crippen LogP contribution in [-0.2, 0) is 5.75 Å². The van der Waals surface area contributed by atoms with Crippen molar-refractivity contribution in [2.24, 2.45) is 0 Å². The number of aromatic hydroxyl groups is 1. The third-order valence-corrected chi connectivity index (χ3v) is 4.72. The van der Waals surface area contributed by atoms with Crippen molar-refractivity contribution in [3.05, 3.63) is 53.0 Å². The first-order chi connectivity index (χ1) is 10.2. The van der Waals surface area contributed by atoms with Gasteiger partial charge in [-0.3, -0.25) is 4.98 Å². The highest BCUT2D eigenvalue weighted by molar-refractivity contribution is 9.10. The number of halogens is 1. The number of aromatic nitrogens is 3. The van der Waals surface area contributed by atoms with E-state index in [9.17, 15) is 5.11 Å². The van der Waals surface area contributed by atoms with Crippen molar-refractivity contribution in [3.8, 4) is 17.2 Å². The van der Waals surface area contributed by atoms with Crippen molar-refractivity contribution in [2.75, 3.05) is 0 Å². The zero-order valence-corrected chi connectivity index (χ0v) is 13.1. The summed E-state index contributed by atoms with van der Waals surface area (Å²) in [7, 11) is 0. The van der Waals surface area contributed by atoms with E-state index in [4.69, 9.17) is 4.52 Å². The van der Waals surface area contributed by atoms with Crippen LogP contribution in [0.3, 0.4) is 0 Å². The number of benzene rings is 1. The molecule has 0 spiro atoms. The van der Waals surface area contributed by atoms with Gasteiger partial charge in [0.15, 0.2) is 5.82 Å². The average Bonchev–Trinajstić information content (AvgIpc) is 2.96. The molecular formula is C14H10BrN3O2S. The van der Waals surface area contributed by atoms with Gasteiger partial charge in [-0.1, -0.05) is 17.3 Å². The van der Waals surface area contributed by atoms with E-state index in [1.165, 1.54) is 6.20 Å². The molecule has 0 atom stereocenters. The lowest BCUT2D eigenvalue weighted by Gasteiger charge is -2.00. The fourth-order valence-corrected chi connectivity index (χ4v) is 3.10. The Balaban J connectivity index is 1.74. The first-order valence-corrected chi connectivity index (χ1v) is 7.85. The van der Waals surface area contributed by atoms with E-state index in [1.54, 1.807) is 24.0 Å². The van der Waals surface area contributed by atoms with Gasteiger partial charge < -0.3 is 9.63 Å². The third-order valence-electron chi connectivity index (χ3n) is 2.69. The highest BCUT2D eigenvalue weighted by atomic mass is 79.9. The lowest BCUT2D eigenvalue weighted by Crippen LogP contribution is -1.85. The Kier molecular flexibility index (Phi) is 4.21. The molecule has 0 fully saturated rings. The number of pyridine rings is 1. The van der Waals surface area contributed by atoms with E-state index >= 15 is 0 Å². The van der Waals surface area contributed by atoms with Crippen molar-refractivity contribution in [3.63, 3.8) is 0 Å². The van der Waals surface area contributed by atoms with E-state index in [0.29, 0.717) is 17.1 Å². The first kappa shape index (κ1) is 14.1. The van der Waals surface area contributed by atoms with Gasteiger partial charge in [-0.25, -0.2) is 0 Å². The van der Waals surface area contributed by atoms with Crippen LogP contribution < -0.4 is 0 Å². The second-order valence-corrected chi connectivity index (χ2v) is 6.00. The van der Waals surface area contributed by atoms with Crippen LogP contribution in [0.2, 0.25) is 0 Å². The Bertz CT molecular complexity index is 763. The summed E-state index contributed by atoms with van der Waals surface area (Å²) < 4.78 is 6.21. The molecule has 1 N–H and O–H groups in total. The summed E-state index contributed by atoms with van der Waals surface area (Å²) in [5, 5.41) is 13.6. The standard InChI is InChI=1S/C14H10BrN3O2S/c15-10-3-1-2-4-12(10)21-8-13-17-14(20-18-13)9-5-6-16-7-11(9)19/h1-7,19H,8H2. The normalized spacial score (nSPS) is 10.7. The van der Waals surface area contributed by atoms with Gasteiger partial charge in [-0.2, -0.15) is 4.98 Å².